The van der Waals surface area contributed by atoms with Crippen molar-refractivity contribution in [3.05, 3.63) is 5.82 Å². The Morgan fingerprint density at radius 2 is 2.12 bits per heavy atom. The summed E-state index contributed by atoms with van der Waals surface area (Å²) in [5.74, 6) is 0.847. The molecule has 1 unspecified atom stereocenters. The van der Waals surface area contributed by atoms with Gasteiger partial charge in [-0.2, -0.15) is 0 Å². The van der Waals surface area contributed by atoms with Crippen LogP contribution in [0.4, 0.5) is 0 Å². The van der Waals surface area contributed by atoms with Crippen LogP contribution in [0.3, 0.4) is 0 Å². The van der Waals surface area contributed by atoms with Gasteiger partial charge in [0.1, 0.15) is 0 Å². The summed E-state index contributed by atoms with van der Waals surface area (Å²) in [6.45, 7) is 12.4. The highest BCUT2D eigenvalue weighted by Gasteiger charge is 2.23. The van der Waals surface area contributed by atoms with Gasteiger partial charge in [0, 0.05) is 6.61 Å². The fraction of sp³-hybridized carbons (Fsp3) is 0.909. The van der Waals surface area contributed by atoms with Crippen molar-refractivity contribution in [2.45, 2.75) is 52.8 Å². The maximum absolute atomic E-state index is 5.66. The molecule has 0 saturated heterocycles. The second kappa shape index (κ2) is 6.07. The molecule has 6 heteroatoms. The van der Waals surface area contributed by atoms with Gasteiger partial charge in [0.2, 0.25) is 0 Å². The maximum atomic E-state index is 5.66. The Morgan fingerprint density at radius 3 is 2.71 bits per heavy atom. The zero-order valence-electron chi connectivity index (χ0n) is 11.4. The molecule has 98 valence electrons. The van der Waals surface area contributed by atoms with E-state index in [4.69, 9.17) is 4.74 Å². The van der Waals surface area contributed by atoms with E-state index >= 15 is 0 Å². The summed E-state index contributed by atoms with van der Waals surface area (Å²) < 4.78 is 7.47. The van der Waals surface area contributed by atoms with E-state index in [1.165, 1.54) is 0 Å². The van der Waals surface area contributed by atoms with Crippen molar-refractivity contribution in [2.75, 3.05) is 13.2 Å². The van der Waals surface area contributed by atoms with Crippen molar-refractivity contribution >= 4 is 0 Å². The maximum Gasteiger partial charge on any atom is 0.168 e. The molecule has 6 nitrogen and oxygen atoms in total. The molecule has 1 aromatic rings. The lowest BCUT2D eigenvalue weighted by molar-refractivity contribution is -0.0258. The van der Waals surface area contributed by atoms with Crippen molar-refractivity contribution in [1.82, 2.24) is 25.5 Å². The summed E-state index contributed by atoms with van der Waals surface area (Å²) in [7, 11) is 0. The molecule has 0 radical (unpaired) electrons. The number of hydrogen-bond donors (Lipinski definition) is 1. The predicted molar refractivity (Wildman–Crippen MR) is 65.6 cm³/mol. The van der Waals surface area contributed by atoms with E-state index in [0.29, 0.717) is 13.2 Å². The van der Waals surface area contributed by atoms with Crippen LogP contribution in [0.25, 0.3) is 0 Å². The minimum Gasteiger partial charge on any atom is -0.374 e. The van der Waals surface area contributed by atoms with E-state index in [2.05, 4.69) is 34.7 Å². The van der Waals surface area contributed by atoms with Gasteiger partial charge in [0.15, 0.2) is 5.82 Å². The van der Waals surface area contributed by atoms with Gasteiger partial charge in [0.25, 0.3) is 0 Å². The van der Waals surface area contributed by atoms with E-state index in [1.807, 2.05) is 25.5 Å². The first kappa shape index (κ1) is 14.1. The van der Waals surface area contributed by atoms with E-state index in [-0.39, 0.29) is 11.6 Å². The fourth-order valence-electron chi connectivity index (χ4n) is 1.83. The Kier molecular flexibility index (Phi) is 5.02. The molecule has 0 aromatic carbocycles. The lowest BCUT2D eigenvalue weighted by atomic mass is 10.1. The van der Waals surface area contributed by atoms with E-state index in [9.17, 15) is 0 Å². The second-order valence-electron chi connectivity index (χ2n) is 4.67. The normalized spacial score (nSPS) is 13.9. The van der Waals surface area contributed by atoms with Gasteiger partial charge < -0.3 is 10.1 Å². The summed E-state index contributed by atoms with van der Waals surface area (Å²) in [5, 5.41) is 15.1. The quantitative estimate of drug-likeness (QED) is 0.776. The Bertz CT molecular complexity index is 336. The third-order valence-electron chi connectivity index (χ3n) is 2.52. The molecule has 1 aromatic heterocycles. The van der Waals surface area contributed by atoms with E-state index in [1.54, 1.807) is 0 Å². The molecule has 0 bridgehead atoms. The molecular formula is C11H23N5O. The summed E-state index contributed by atoms with van der Waals surface area (Å²) in [6, 6.07) is 0.146. The summed E-state index contributed by atoms with van der Waals surface area (Å²) in [5.41, 5.74) is -0.259. The number of nitrogens with zero attached hydrogens (tertiary/aromatic N) is 4. The first-order valence-corrected chi connectivity index (χ1v) is 6.13. The molecule has 0 amide bonds. The Balaban J connectivity index is 2.75. The van der Waals surface area contributed by atoms with Crippen LogP contribution >= 0.6 is 0 Å². The van der Waals surface area contributed by atoms with E-state index < -0.39 is 0 Å². The lowest BCUT2D eigenvalue weighted by Crippen LogP contribution is -2.33. The summed E-state index contributed by atoms with van der Waals surface area (Å²) in [6.07, 6.45) is 0. The average molecular weight is 241 g/mol. The number of aromatic nitrogens is 4. The van der Waals surface area contributed by atoms with Crippen LogP contribution in [0.2, 0.25) is 0 Å². The van der Waals surface area contributed by atoms with Crippen molar-refractivity contribution in [3.8, 4) is 0 Å². The molecule has 0 aliphatic heterocycles. The Hall–Kier alpha value is -1.01. The van der Waals surface area contributed by atoms with Gasteiger partial charge in [-0.05, 0) is 44.7 Å². The van der Waals surface area contributed by atoms with Crippen LogP contribution < -0.4 is 5.32 Å². The molecule has 0 aliphatic rings. The SMILES string of the molecule is CCNC(C)c1nnnn1CC(C)(C)OCC. The molecule has 0 spiro atoms. The number of tetrazole rings is 1. The first-order valence-electron chi connectivity index (χ1n) is 6.13. The molecule has 17 heavy (non-hydrogen) atoms. The molecule has 1 atom stereocenters. The highest BCUT2D eigenvalue weighted by Crippen LogP contribution is 2.15. The van der Waals surface area contributed by atoms with Crippen LogP contribution in [0, 0.1) is 0 Å². The Labute approximate surface area is 103 Å². The van der Waals surface area contributed by atoms with Gasteiger partial charge in [-0.25, -0.2) is 4.68 Å². The zero-order valence-corrected chi connectivity index (χ0v) is 11.4. The standard InChI is InChI=1S/C11H23N5O/c1-6-12-9(3)10-13-14-15-16(10)8-11(4,5)17-7-2/h9,12H,6-8H2,1-5H3. The summed E-state index contributed by atoms with van der Waals surface area (Å²) >= 11 is 0. The van der Waals surface area contributed by atoms with Gasteiger partial charge in [0.05, 0.1) is 18.2 Å². The van der Waals surface area contributed by atoms with Crippen LogP contribution in [0.1, 0.15) is 46.5 Å². The van der Waals surface area contributed by atoms with Crippen LogP contribution in [0.5, 0.6) is 0 Å². The van der Waals surface area contributed by atoms with Crippen molar-refractivity contribution in [3.63, 3.8) is 0 Å². The molecule has 0 fully saturated rings. The zero-order chi connectivity index (χ0) is 12.9. The minimum atomic E-state index is -0.259. The third kappa shape index (κ3) is 4.05. The largest absolute Gasteiger partial charge is 0.374 e. The molecule has 0 saturated carbocycles. The third-order valence-corrected chi connectivity index (χ3v) is 2.52. The topological polar surface area (TPSA) is 64.9 Å². The molecule has 1 N–H and O–H groups in total. The van der Waals surface area contributed by atoms with Crippen molar-refractivity contribution < 1.29 is 4.74 Å². The molecule has 1 heterocycles. The van der Waals surface area contributed by atoms with E-state index in [0.717, 1.165) is 12.4 Å². The number of nitrogens with one attached hydrogen (secondary N) is 1. The van der Waals surface area contributed by atoms with Crippen LogP contribution in [-0.4, -0.2) is 39.0 Å². The minimum absolute atomic E-state index is 0.146. The van der Waals surface area contributed by atoms with Gasteiger partial charge in [-0.15, -0.1) is 5.10 Å². The predicted octanol–water partition coefficient (Wildman–Crippen LogP) is 1.16. The highest BCUT2D eigenvalue weighted by molar-refractivity contribution is 4.90. The van der Waals surface area contributed by atoms with Crippen molar-refractivity contribution in [2.24, 2.45) is 0 Å². The summed E-state index contributed by atoms with van der Waals surface area (Å²) in [4.78, 5) is 0. The first-order chi connectivity index (χ1) is 8.00. The number of hydrogen-bond acceptors (Lipinski definition) is 5. The average Bonchev–Trinajstić information content (AvgIpc) is 2.65. The number of ether oxygens (including phenoxy) is 1. The highest BCUT2D eigenvalue weighted by atomic mass is 16.5. The monoisotopic (exact) mass is 241 g/mol. The van der Waals surface area contributed by atoms with Gasteiger partial charge in [-0.3, -0.25) is 0 Å². The van der Waals surface area contributed by atoms with Crippen LogP contribution in [0.15, 0.2) is 0 Å². The fourth-order valence-corrected chi connectivity index (χ4v) is 1.83. The smallest absolute Gasteiger partial charge is 0.168 e. The lowest BCUT2D eigenvalue weighted by Gasteiger charge is -2.25. The Morgan fingerprint density at radius 1 is 1.41 bits per heavy atom. The second-order valence-corrected chi connectivity index (χ2v) is 4.67. The van der Waals surface area contributed by atoms with Gasteiger partial charge in [-0.1, -0.05) is 6.92 Å². The number of rotatable bonds is 7. The molecule has 1 rings (SSSR count). The molecular weight excluding hydrogens is 218 g/mol. The van der Waals surface area contributed by atoms with Gasteiger partial charge >= 0.3 is 0 Å². The van der Waals surface area contributed by atoms with Crippen molar-refractivity contribution in [1.29, 1.82) is 0 Å². The van der Waals surface area contributed by atoms with Crippen LogP contribution in [-0.2, 0) is 11.3 Å². The molecule has 0 aliphatic carbocycles.